The van der Waals surface area contributed by atoms with Crippen molar-refractivity contribution in [3.8, 4) is 0 Å². The number of benzene rings is 1. The van der Waals surface area contributed by atoms with Gasteiger partial charge in [0.05, 0.1) is 11.3 Å². The van der Waals surface area contributed by atoms with E-state index >= 15 is 0 Å². The average molecular weight is 326 g/mol. The van der Waals surface area contributed by atoms with Crippen molar-refractivity contribution in [3.05, 3.63) is 52.4 Å². The van der Waals surface area contributed by atoms with E-state index < -0.39 is 11.7 Å². The van der Waals surface area contributed by atoms with Gasteiger partial charge in [0, 0.05) is 20.0 Å². The van der Waals surface area contributed by atoms with Crippen LogP contribution in [0.15, 0.2) is 28.8 Å². The second kappa shape index (κ2) is 6.44. The Morgan fingerprint density at radius 2 is 1.87 bits per heavy atom. The fourth-order valence-electron chi connectivity index (χ4n) is 2.27. The maximum Gasteiger partial charge on any atom is 0.416 e. The maximum atomic E-state index is 12.5. The van der Waals surface area contributed by atoms with Gasteiger partial charge in [-0.2, -0.15) is 13.2 Å². The smallest absolute Gasteiger partial charge is 0.360 e. The minimum absolute atomic E-state index is 0.199. The lowest BCUT2D eigenvalue weighted by atomic mass is 10.1. The molecule has 23 heavy (non-hydrogen) atoms. The van der Waals surface area contributed by atoms with E-state index in [9.17, 15) is 18.0 Å². The Morgan fingerprint density at radius 1 is 1.26 bits per heavy atom. The molecule has 7 heteroatoms. The SMILES string of the molecule is CCc1onc(C)c1C(=O)N(C)Cc1ccc(C(F)(F)F)cc1. The van der Waals surface area contributed by atoms with Gasteiger partial charge in [0.1, 0.15) is 11.3 Å². The van der Waals surface area contributed by atoms with Crippen molar-refractivity contribution < 1.29 is 22.5 Å². The largest absolute Gasteiger partial charge is 0.416 e. The molecule has 0 fully saturated rings. The summed E-state index contributed by atoms with van der Waals surface area (Å²) in [6, 6.07) is 4.76. The number of amides is 1. The topological polar surface area (TPSA) is 46.3 Å². The first-order valence-electron chi connectivity index (χ1n) is 7.10. The number of aromatic nitrogens is 1. The van der Waals surface area contributed by atoms with Gasteiger partial charge in [-0.1, -0.05) is 24.2 Å². The molecule has 0 bridgehead atoms. The van der Waals surface area contributed by atoms with Crippen molar-refractivity contribution in [2.75, 3.05) is 7.05 Å². The second-order valence-corrected chi connectivity index (χ2v) is 5.28. The Labute approximate surface area is 131 Å². The molecule has 0 spiro atoms. The highest BCUT2D eigenvalue weighted by Crippen LogP contribution is 2.29. The normalized spacial score (nSPS) is 11.6. The van der Waals surface area contributed by atoms with Gasteiger partial charge in [0.25, 0.3) is 5.91 Å². The van der Waals surface area contributed by atoms with Gasteiger partial charge in [-0.3, -0.25) is 4.79 Å². The maximum absolute atomic E-state index is 12.5. The van der Waals surface area contributed by atoms with Crippen LogP contribution >= 0.6 is 0 Å². The molecule has 1 aromatic heterocycles. The van der Waals surface area contributed by atoms with E-state index in [2.05, 4.69) is 5.16 Å². The number of halogens is 3. The molecule has 1 amide bonds. The molecule has 0 radical (unpaired) electrons. The summed E-state index contributed by atoms with van der Waals surface area (Å²) in [5, 5.41) is 3.79. The summed E-state index contributed by atoms with van der Waals surface area (Å²) >= 11 is 0. The van der Waals surface area contributed by atoms with E-state index in [1.807, 2.05) is 6.92 Å². The van der Waals surface area contributed by atoms with Crippen molar-refractivity contribution in [1.29, 1.82) is 0 Å². The van der Waals surface area contributed by atoms with Crippen LogP contribution in [0.1, 0.15) is 39.9 Å². The zero-order valence-corrected chi connectivity index (χ0v) is 13.1. The van der Waals surface area contributed by atoms with E-state index in [1.165, 1.54) is 17.0 Å². The number of hydrogen-bond donors (Lipinski definition) is 0. The van der Waals surface area contributed by atoms with Crippen LogP contribution in [0.4, 0.5) is 13.2 Å². The lowest BCUT2D eigenvalue weighted by Gasteiger charge is -2.17. The van der Waals surface area contributed by atoms with Crippen LogP contribution < -0.4 is 0 Å². The third kappa shape index (κ3) is 3.72. The Morgan fingerprint density at radius 3 is 2.39 bits per heavy atom. The number of carbonyl (C=O) groups excluding carboxylic acids is 1. The summed E-state index contributed by atoms with van der Waals surface area (Å²) in [6.45, 7) is 3.74. The monoisotopic (exact) mass is 326 g/mol. The summed E-state index contributed by atoms with van der Waals surface area (Å²) in [5.74, 6) is 0.243. The van der Waals surface area contributed by atoms with Crippen LogP contribution in [0.2, 0.25) is 0 Å². The molecule has 1 heterocycles. The highest BCUT2D eigenvalue weighted by molar-refractivity contribution is 5.96. The number of nitrogens with zero attached hydrogens (tertiary/aromatic N) is 2. The van der Waals surface area contributed by atoms with Crippen molar-refractivity contribution in [2.45, 2.75) is 33.0 Å². The van der Waals surface area contributed by atoms with Crippen molar-refractivity contribution in [2.24, 2.45) is 0 Å². The Bertz CT molecular complexity index is 690. The van der Waals surface area contributed by atoms with Gasteiger partial charge in [0.15, 0.2) is 0 Å². The lowest BCUT2D eigenvalue weighted by Crippen LogP contribution is -2.27. The van der Waals surface area contributed by atoms with E-state index in [4.69, 9.17) is 4.52 Å². The number of alkyl halides is 3. The summed E-state index contributed by atoms with van der Waals surface area (Å²) in [5.41, 5.74) is 0.826. The first-order chi connectivity index (χ1) is 10.7. The minimum atomic E-state index is -4.37. The molecule has 0 aliphatic rings. The van der Waals surface area contributed by atoms with Gasteiger partial charge in [-0.25, -0.2) is 0 Å². The molecule has 2 aromatic rings. The van der Waals surface area contributed by atoms with Gasteiger partial charge >= 0.3 is 6.18 Å². The zero-order chi connectivity index (χ0) is 17.2. The molecule has 0 aliphatic carbocycles. The molecular formula is C16H17F3N2O2. The first kappa shape index (κ1) is 17.1. The second-order valence-electron chi connectivity index (χ2n) is 5.28. The highest BCUT2D eigenvalue weighted by Gasteiger charge is 2.30. The molecule has 0 saturated carbocycles. The fraction of sp³-hybridized carbons (Fsp3) is 0.375. The van der Waals surface area contributed by atoms with Gasteiger partial charge < -0.3 is 9.42 Å². The van der Waals surface area contributed by atoms with E-state index in [0.29, 0.717) is 29.0 Å². The fourth-order valence-corrected chi connectivity index (χ4v) is 2.27. The van der Waals surface area contributed by atoms with Crippen LogP contribution in [-0.4, -0.2) is 23.0 Å². The molecule has 0 N–H and O–H groups in total. The summed E-state index contributed by atoms with van der Waals surface area (Å²) < 4.78 is 42.7. The molecule has 124 valence electrons. The van der Waals surface area contributed by atoms with Crippen molar-refractivity contribution in [1.82, 2.24) is 10.1 Å². The van der Waals surface area contributed by atoms with Crippen LogP contribution in [0, 0.1) is 6.92 Å². The van der Waals surface area contributed by atoms with E-state index in [0.717, 1.165) is 12.1 Å². The van der Waals surface area contributed by atoms with Crippen molar-refractivity contribution >= 4 is 5.91 Å². The van der Waals surface area contributed by atoms with Crippen LogP contribution in [0.25, 0.3) is 0 Å². The van der Waals surface area contributed by atoms with Gasteiger partial charge in [0.2, 0.25) is 0 Å². The molecule has 1 aromatic carbocycles. The average Bonchev–Trinajstić information content (AvgIpc) is 2.87. The summed E-state index contributed by atoms with van der Waals surface area (Å²) in [7, 11) is 1.59. The number of hydrogen-bond acceptors (Lipinski definition) is 3. The Balaban J connectivity index is 2.14. The quantitative estimate of drug-likeness (QED) is 0.858. The molecule has 4 nitrogen and oxygen atoms in total. The summed E-state index contributed by atoms with van der Waals surface area (Å²) in [4.78, 5) is 13.9. The molecule has 0 saturated heterocycles. The van der Waals surface area contributed by atoms with E-state index in [-0.39, 0.29) is 12.5 Å². The number of carbonyl (C=O) groups is 1. The molecular weight excluding hydrogens is 309 g/mol. The number of aryl methyl sites for hydroxylation is 2. The third-order valence-corrected chi connectivity index (χ3v) is 3.52. The van der Waals surface area contributed by atoms with Crippen LogP contribution in [-0.2, 0) is 19.1 Å². The molecule has 2 rings (SSSR count). The van der Waals surface area contributed by atoms with E-state index in [1.54, 1.807) is 14.0 Å². The Kier molecular flexibility index (Phi) is 4.77. The van der Waals surface area contributed by atoms with Crippen molar-refractivity contribution in [3.63, 3.8) is 0 Å². The zero-order valence-electron chi connectivity index (χ0n) is 13.1. The summed E-state index contributed by atoms with van der Waals surface area (Å²) in [6.07, 6.45) is -3.83. The van der Waals surface area contributed by atoms with Crippen LogP contribution in [0.5, 0.6) is 0 Å². The predicted octanol–water partition coefficient (Wildman–Crippen LogP) is 3.84. The molecule has 0 aliphatic heterocycles. The minimum Gasteiger partial charge on any atom is -0.360 e. The molecule has 0 unspecified atom stereocenters. The lowest BCUT2D eigenvalue weighted by molar-refractivity contribution is -0.137. The third-order valence-electron chi connectivity index (χ3n) is 3.52. The standard InChI is InChI=1S/C16H17F3N2O2/c1-4-13-14(10(2)20-23-13)15(22)21(3)9-11-5-7-12(8-6-11)16(17,18)19/h5-8H,4,9H2,1-3H3. The Hall–Kier alpha value is -2.31. The molecule has 0 atom stereocenters. The highest BCUT2D eigenvalue weighted by atomic mass is 19.4. The predicted molar refractivity (Wildman–Crippen MR) is 77.9 cm³/mol. The first-order valence-corrected chi connectivity index (χ1v) is 7.10. The van der Waals surface area contributed by atoms with Crippen LogP contribution in [0.3, 0.4) is 0 Å². The number of rotatable bonds is 4. The van der Waals surface area contributed by atoms with Gasteiger partial charge in [-0.05, 0) is 24.6 Å². The van der Waals surface area contributed by atoms with Gasteiger partial charge in [-0.15, -0.1) is 0 Å².